The number of hydrogen-bond acceptors (Lipinski definition) is 4. The van der Waals surface area contributed by atoms with Gasteiger partial charge in [0.25, 0.3) is 0 Å². The van der Waals surface area contributed by atoms with Gasteiger partial charge in [0.1, 0.15) is 4.08 Å². The van der Waals surface area contributed by atoms with Crippen LogP contribution in [-0.2, 0) is 10.8 Å². The van der Waals surface area contributed by atoms with Crippen LogP contribution in [0.5, 0.6) is 0 Å². The van der Waals surface area contributed by atoms with Crippen LogP contribution in [-0.4, -0.2) is 31.3 Å². The standard InChI is InChI=1S/C10H12OS4/c1-12-8-5-6-9(14-8)7-3-4-10(6,13-2)15(7)11/h3-7,9H,1-2H3/t6-,7+,9+,10-,15?/m0/s1. The molecular formula is C10H12OS4. The van der Waals surface area contributed by atoms with Crippen LogP contribution in [0.2, 0.25) is 0 Å². The maximum absolute atomic E-state index is 12.3. The second kappa shape index (κ2) is 3.59. The molecule has 3 rings (SSSR count). The van der Waals surface area contributed by atoms with E-state index in [-0.39, 0.29) is 9.33 Å². The molecule has 1 nitrogen and oxygen atoms in total. The maximum Gasteiger partial charge on any atom is 0.117 e. The van der Waals surface area contributed by atoms with E-state index in [9.17, 15) is 4.21 Å². The molecule has 15 heavy (non-hydrogen) atoms. The fourth-order valence-corrected chi connectivity index (χ4v) is 8.81. The molecule has 0 saturated carbocycles. The van der Waals surface area contributed by atoms with Crippen LogP contribution in [0, 0.1) is 5.92 Å². The zero-order chi connectivity index (χ0) is 10.6. The second-order valence-corrected chi connectivity index (χ2v) is 9.33. The average Bonchev–Trinajstić information content (AvgIpc) is 2.87. The summed E-state index contributed by atoms with van der Waals surface area (Å²) < 4.78 is 13.6. The van der Waals surface area contributed by atoms with Crippen LogP contribution in [0.4, 0.5) is 0 Å². The predicted molar refractivity (Wildman–Crippen MR) is 73.8 cm³/mol. The van der Waals surface area contributed by atoms with E-state index >= 15 is 0 Å². The van der Waals surface area contributed by atoms with Crippen LogP contribution < -0.4 is 0 Å². The van der Waals surface area contributed by atoms with Gasteiger partial charge in [-0.25, -0.2) is 0 Å². The van der Waals surface area contributed by atoms with Gasteiger partial charge in [-0.05, 0) is 12.5 Å². The Labute approximate surface area is 105 Å². The predicted octanol–water partition coefficient (Wildman–Crippen LogP) is 2.68. The normalized spacial score (nSPS) is 50.9. The second-order valence-electron chi connectivity index (χ2n) is 3.84. The molecule has 0 aromatic rings. The van der Waals surface area contributed by atoms with E-state index in [1.165, 1.54) is 4.24 Å². The van der Waals surface area contributed by atoms with Crippen LogP contribution in [0.3, 0.4) is 0 Å². The highest BCUT2D eigenvalue weighted by Crippen LogP contribution is 2.61. The molecule has 0 N–H and O–H groups in total. The lowest BCUT2D eigenvalue weighted by atomic mass is 9.94. The van der Waals surface area contributed by atoms with Gasteiger partial charge in [0.2, 0.25) is 0 Å². The van der Waals surface area contributed by atoms with E-state index in [0.717, 1.165) is 0 Å². The van der Waals surface area contributed by atoms with Crippen LogP contribution in [0.1, 0.15) is 0 Å². The summed E-state index contributed by atoms with van der Waals surface area (Å²) >= 11 is 5.51. The highest BCUT2D eigenvalue weighted by atomic mass is 32.2. The molecule has 1 unspecified atom stereocenters. The minimum absolute atomic E-state index is 0.111. The topological polar surface area (TPSA) is 17.1 Å². The third-order valence-electron chi connectivity index (χ3n) is 3.31. The van der Waals surface area contributed by atoms with Crippen LogP contribution >= 0.6 is 35.3 Å². The first-order valence-electron chi connectivity index (χ1n) is 4.80. The van der Waals surface area contributed by atoms with Crippen molar-refractivity contribution in [2.75, 3.05) is 12.5 Å². The van der Waals surface area contributed by atoms with Crippen molar-refractivity contribution in [3.05, 3.63) is 22.5 Å². The van der Waals surface area contributed by atoms with E-state index in [2.05, 4.69) is 30.7 Å². The van der Waals surface area contributed by atoms with Gasteiger partial charge in [0.05, 0.1) is 16.0 Å². The first-order valence-corrected chi connectivity index (χ1v) is 9.35. The number of hydrogen-bond donors (Lipinski definition) is 0. The highest BCUT2D eigenvalue weighted by molar-refractivity contribution is 8.23. The van der Waals surface area contributed by atoms with E-state index in [1.54, 1.807) is 11.8 Å². The third kappa shape index (κ3) is 1.24. The SMILES string of the molecule is CSC1=C[C@H]2[C@@H](S1)[C@H]1C=C[C@]2(SC)S1=O. The summed E-state index contributed by atoms with van der Waals surface area (Å²) in [6, 6.07) is 0. The lowest BCUT2D eigenvalue weighted by molar-refractivity contribution is 0.638. The van der Waals surface area contributed by atoms with Gasteiger partial charge in [0.15, 0.2) is 0 Å². The molecule has 0 spiro atoms. The van der Waals surface area contributed by atoms with Gasteiger partial charge in [-0.15, -0.1) is 35.3 Å². The van der Waals surface area contributed by atoms with Gasteiger partial charge in [-0.2, -0.15) is 0 Å². The van der Waals surface area contributed by atoms with E-state index in [0.29, 0.717) is 11.2 Å². The van der Waals surface area contributed by atoms with Crippen LogP contribution in [0.25, 0.3) is 0 Å². The molecule has 2 bridgehead atoms. The molecule has 3 aliphatic heterocycles. The zero-order valence-electron chi connectivity index (χ0n) is 8.51. The average molecular weight is 276 g/mol. The summed E-state index contributed by atoms with van der Waals surface area (Å²) in [4.78, 5) is 0. The first-order chi connectivity index (χ1) is 7.23. The Balaban J connectivity index is 2.04. The van der Waals surface area contributed by atoms with Crippen molar-refractivity contribution in [1.29, 1.82) is 0 Å². The highest BCUT2D eigenvalue weighted by Gasteiger charge is 2.62. The third-order valence-corrected chi connectivity index (χ3v) is 10.1. The summed E-state index contributed by atoms with van der Waals surface area (Å²) in [5.74, 6) is 0.482. The molecule has 3 heterocycles. The molecule has 1 fully saturated rings. The number of thioether (sulfide) groups is 3. The summed E-state index contributed by atoms with van der Waals surface area (Å²) in [6.45, 7) is 0. The van der Waals surface area contributed by atoms with Crippen molar-refractivity contribution in [3.63, 3.8) is 0 Å². The Bertz CT molecular complexity index is 389. The monoisotopic (exact) mass is 276 g/mol. The van der Waals surface area contributed by atoms with Gasteiger partial charge in [-0.1, -0.05) is 18.2 Å². The van der Waals surface area contributed by atoms with Crippen molar-refractivity contribution in [1.82, 2.24) is 0 Å². The van der Waals surface area contributed by atoms with E-state index < -0.39 is 10.8 Å². The summed E-state index contributed by atoms with van der Waals surface area (Å²) in [6.07, 6.45) is 10.9. The zero-order valence-corrected chi connectivity index (χ0v) is 11.8. The molecule has 0 aromatic heterocycles. The Morgan fingerprint density at radius 2 is 2.33 bits per heavy atom. The maximum atomic E-state index is 12.3. The summed E-state index contributed by atoms with van der Waals surface area (Å²) in [5, 5.41) is 0.819. The molecule has 0 amide bonds. The van der Waals surface area contributed by atoms with Crippen molar-refractivity contribution in [2.24, 2.45) is 5.92 Å². The quantitative estimate of drug-likeness (QED) is 0.721. The fourth-order valence-electron chi connectivity index (χ4n) is 2.56. The summed E-state index contributed by atoms with van der Waals surface area (Å²) in [5.41, 5.74) is 0. The Morgan fingerprint density at radius 3 is 3.00 bits per heavy atom. The fraction of sp³-hybridized carbons (Fsp3) is 0.600. The van der Waals surface area contributed by atoms with Gasteiger partial charge in [-0.3, -0.25) is 4.21 Å². The first kappa shape index (κ1) is 10.8. The Hall–Kier alpha value is 0.680. The number of rotatable bonds is 2. The lowest BCUT2D eigenvalue weighted by Crippen LogP contribution is -2.30. The minimum Gasteiger partial charge on any atom is -0.257 e. The van der Waals surface area contributed by atoms with Crippen molar-refractivity contribution < 1.29 is 4.21 Å². The Morgan fingerprint density at radius 1 is 1.53 bits per heavy atom. The largest absolute Gasteiger partial charge is 0.257 e. The lowest BCUT2D eigenvalue weighted by Gasteiger charge is -2.26. The summed E-state index contributed by atoms with van der Waals surface area (Å²) in [7, 11) is -0.708. The molecule has 1 saturated heterocycles. The molecule has 5 heteroatoms. The van der Waals surface area contributed by atoms with Crippen LogP contribution in [0.15, 0.2) is 22.5 Å². The number of allylic oxidation sites excluding steroid dienone is 1. The molecular weight excluding hydrogens is 264 g/mol. The molecule has 3 aliphatic rings. The minimum atomic E-state index is -0.708. The molecule has 0 aromatic carbocycles. The van der Waals surface area contributed by atoms with E-state index in [1.807, 2.05) is 23.5 Å². The van der Waals surface area contributed by atoms with Crippen molar-refractivity contribution >= 4 is 46.1 Å². The molecule has 5 atom stereocenters. The van der Waals surface area contributed by atoms with E-state index in [4.69, 9.17) is 0 Å². The van der Waals surface area contributed by atoms with Gasteiger partial charge in [0, 0.05) is 15.4 Å². The molecule has 0 radical (unpaired) electrons. The Kier molecular flexibility index (Phi) is 2.58. The van der Waals surface area contributed by atoms with Crippen molar-refractivity contribution in [3.8, 4) is 0 Å². The molecule has 0 aliphatic carbocycles. The van der Waals surface area contributed by atoms with Crippen molar-refractivity contribution in [2.45, 2.75) is 14.6 Å². The van der Waals surface area contributed by atoms with Gasteiger partial charge >= 0.3 is 0 Å². The molecule has 82 valence electrons. The number of fused-ring (bicyclic) bond motifs is 5. The smallest absolute Gasteiger partial charge is 0.117 e. The van der Waals surface area contributed by atoms with Gasteiger partial charge < -0.3 is 0 Å².